The normalized spacial score (nSPS) is 28.5. The number of piperidine rings is 1. The van der Waals surface area contributed by atoms with Gasteiger partial charge in [0.15, 0.2) is 22.9 Å². The number of hydrogen-bond acceptors (Lipinski definition) is 11. The Balaban J connectivity index is 1.19. The monoisotopic (exact) mass is 653 g/mol. The number of fused-ring (bicyclic) bond motifs is 5. The molecule has 47 heavy (non-hydrogen) atoms. The third-order valence-electron chi connectivity index (χ3n) is 11.8. The first-order chi connectivity index (χ1) is 22.8. The summed E-state index contributed by atoms with van der Waals surface area (Å²) < 4.78 is 8.48. The quantitative estimate of drug-likeness (QED) is 0.283. The van der Waals surface area contributed by atoms with Crippen LogP contribution in [0.15, 0.2) is 10.7 Å². The van der Waals surface area contributed by atoms with Crippen molar-refractivity contribution in [2.45, 2.75) is 120 Å². The van der Waals surface area contributed by atoms with Crippen LogP contribution in [0.3, 0.4) is 0 Å². The molecule has 246 valence electrons. The maximum absolute atomic E-state index is 11.1. The van der Waals surface area contributed by atoms with Gasteiger partial charge in [0.25, 0.3) is 0 Å². The zero-order valence-corrected chi connectivity index (χ0v) is 28.2. The SMILES string of the molecule is C[C@@H]([C@@H]1CCCN1C1CC1)n1ncc2c(N3CCC[C@@](C)(O)C3)nc(-c3noc4c3CCC[C@@]43CCCc4sc(N)c(C#N)c43)nc21. The fourth-order valence-corrected chi connectivity index (χ4v) is 10.7. The number of aromatic nitrogens is 5. The number of nitriles is 1. The fraction of sp³-hybridized carbons (Fsp3) is 0.629. The highest BCUT2D eigenvalue weighted by molar-refractivity contribution is 7.16. The van der Waals surface area contributed by atoms with Crippen LogP contribution in [-0.4, -0.2) is 72.2 Å². The summed E-state index contributed by atoms with van der Waals surface area (Å²) in [5.74, 6) is 2.20. The molecule has 0 radical (unpaired) electrons. The summed E-state index contributed by atoms with van der Waals surface area (Å²) in [6.45, 7) is 6.66. The summed E-state index contributed by atoms with van der Waals surface area (Å²) in [7, 11) is 0. The highest BCUT2D eigenvalue weighted by Gasteiger charge is 2.49. The van der Waals surface area contributed by atoms with Gasteiger partial charge in [0.2, 0.25) is 0 Å². The Morgan fingerprint density at radius 3 is 2.72 bits per heavy atom. The number of anilines is 2. The molecule has 2 saturated heterocycles. The van der Waals surface area contributed by atoms with Gasteiger partial charge in [0, 0.05) is 35.6 Å². The lowest BCUT2D eigenvalue weighted by Gasteiger charge is -2.39. The Kier molecular flexibility index (Phi) is 6.76. The van der Waals surface area contributed by atoms with Crippen LogP contribution in [0.4, 0.5) is 10.8 Å². The van der Waals surface area contributed by atoms with Crippen molar-refractivity contribution in [3.8, 4) is 17.6 Å². The molecule has 0 bridgehead atoms. The van der Waals surface area contributed by atoms with Crippen molar-refractivity contribution in [2.24, 2.45) is 0 Å². The first kappa shape index (κ1) is 29.6. The van der Waals surface area contributed by atoms with Gasteiger partial charge in [-0.3, -0.25) is 4.90 Å². The summed E-state index contributed by atoms with van der Waals surface area (Å²) in [5.41, 5.74) is 9.40. The maximum atomic E-state index is 11.1. The van der Waals surface area contributed by atoms with Gasteiger partial charge in [-0.25, -0.2) is 14.6 Å². The second-order valence-electron chi connectivity index (χ2n) is 15.0. The summed E-state index contributed by atoms with van der Waals surface area (Å²) in [6, 6.07) is 3.71. The Labute approximate surface area is 278 Å². The average Bonchev–Trinajstić information content (AvgIpc) is 3.40. The molecule has 3 aliphatic carbocycles. The first-order valence-corrected chi connectivity index (χ1v) is 18.4. The second-order valence-corrected chi connectivity index (χ2v) is 16.2. The molecule has 1 saturated carbocycles. The van der Waals surface area contributed by atoms with E-state index in [0.29, 0.717) is 40.7 Å². The lowest BCUT2D eigenvalue weighted by molar-refractivity contribution is 0.0448. The summed E-state index contributed by atoms with van der Waals surface area (Å²) >= 11 is 1.56. The van der Waals surface area contributed by atoms with E-state index in [-0.39, 0.29) is 6.04 Å². The topological polar surface area (TPSA) is 146 Å². The molecule has 11 nitrogen and oxygen atoms in total. The van der Waals surface area contributed by atoms with E-state index in [2.05, 4.69) is 27.5 Å². The molecule has 0 aromatic carbocycles. The number of β-amino-alcohol motifs (C(OH)–C–C–N with tert-alkyl or cyclic N) is 1. The Morgan fingerprint density at radius 2 is 1.94 bits per heavy atom. The Hall–Kier alpha value is -3.53. The summed E-state index contributed by atoms with van der Waals surface area (Å²) in [5, 5.41) is 32.5. The van der Waals surface area contributed by atoms with Crippen molar-refractivity contribution >= 4 is 33.2 Å². The maximum Gasteiger partial charge on any atom is 0.186 e. The van der Waals surface area contributed by atoms with E-state index in [0.717, 1.165) is 105 Å². The van der Waals surface area contributed by atoms with Crippen LogP contribution in [0.2, 0.25) is 0 Å². The molecule has 4 aromatic heterocycles. The smallest absolute Gasteiger partial charge is 0.186 e. The third kappa shape index (κ3) is 4.56. The molecular weight excluding hydrogens is 611 g/mol. The van der Waals surface area contributed by atoms with E-state index >= 15 is 0 Å². The van der Waals surface area contributed by atoms with Gasteiger partial charge in [-0.05, 0) is 103 Å². The number of likely N-dealkylation sites (tertiary alicyclic amines) is 1. The predicted octanol–water partition coefficient (Wildman–Crippen LogP) is 5.49. The van der Waals surface area contributed by atoms with E-state index in [9.17, 15) is 10.4 Å². The number of rotatable bonds is 5. The van der Waals surface area contributed by atoms with Gasteiger partial charge in [-0.15, -0.1) is 11.3 Å². The Morgan fingerprint density at radius 1 is 1.11 bits per heavy atom. The Bertz CT molecular complexity index is 1910. The zero-order chi connectivity index (χ0) is 32.1. The number of nitrogens with zero attached hydrogens (tertiary/aromatic N) is 8. The largest absolute Gasteiger partial charge is 0.389 e. The first-order valence-electron chi connectivity index (χ1n) is 17.6. The van der Waals surface area contributed by atoms with Crippen LogP contribution in [0.1, 0.15) is 111 Å². The minimum Gasteiger partial charge on any atom is -0.389 e. The molecule has 6 heterocycles. The minimum absolute atomic E-state index is 0.152. The fourth-order valence-electron chi connectivity index (χ4n) is 9.53. The van der Waals surface area contributed by atoms with E-state index in [1.54, 1.807) is 11.3 Å². The number of nitrogens with two attached hydrogens (primary N) is 1. The van der Waals surface area contributed by atoms with Crippen molar-refractivity contribution in [3.05, 3.63) is 33.5 Å². The molecule has 5 aliphatic rings. The lowest BCUT2D eigenvalue weighted by Crippen LogP contribution is -2.46. The van der Waals surface area contributed by atoms with E-state index < -0.39 is 11.0 Å². The molecular formula is C35H43N9O2S. The molecule has 0 amide bonds. The van der Waals surface area contributed by atoms with Crippen LogP contribution in [0.25, 0.3) is 22.6 Å². The minimum atomic E-state index is -0.799. The van der Waals surface area contributed by atoms with Crippen molar-refractivity contribution in [1.29, 1.82) is 5.26 Å². The zero-order valence-electron chi connectivity index (χ0n) is 27.3. The number of aliphatic hydroxyl groups is 1. The standard InChI is InChI=1S/C35H43N9O2S/c1-20(25-8-5-16-43(25)21-10-11-21)44-33-24(18-38-44)32(42-15-6-12-34(2,45)19-42)39-31(40-33)28-22-7-3-13-35(29(22)46-41-28)14-4-9-26-27(35)23(17-36)30(37)47-26/h18,20-21,25,45H,3-16,19,37H2,1-2H3/t20-,25-,34+,35-/m0/s1. The van der Waals surface area contributed by atoms with E-state index in [4.69, 9.17) is 30.5 Å². The molecule has 4 atom stereocenters. The molecule has 9 rings (SSSR count). The highest BCUT2D eigenvalue weighted by atomic mass is 32.1. The van der Waals surface area contributed by atoms with Crippen LogP contribution in [0.5, 0.6) is 0 Å². The number of nitrogen functional groups attached to an aromatic ring is 1. The molecule has 1 spiro atoms. The van der Waals surface area contributed by atoms with E-state index in [1.807, 2.05) is 13.1 Å². The van der Waals surface area contributed by atoms with Gasteiger partial charge in [0.05, 0.1) is 34.2 Å². The molecule has 3 fully saturated rings. The van der Waals surface area contributed by atoms with Crippen LogP contribution >= 0.6 is 11.3 Å². The van der Waals surface area contributed by atoms with Crippen molar-refractivity contribution < 1.29 is 9.63 Å². The third-order valence-corrected chi connectivity index (χ3v) is 12.9. The van der Waals surface area contributed by atoms with Crippen molar-refractivity contribution in [1.82, 2.24) is 29.8 Å². The van der Waals surface area contributed by atoms with Gasteiger partial charge in [-0.1, -0.05) is 5.16 Å². The molecule has 2 aliphatic heterocycles. The van der Waals surface area contributed by atoms with Gasteiger partial charge in [-0.2, -0.15) is 10.4 Å². The highest BCUT2D eigenvalue weighted by Crippen LogP contribution is 2.55. The van der Waals surface area contributed by atoms with Crippen LogP contribution in [0, 0.1) is 11.3 Å². The lowest BCUT2D eigenvalue weighted by atomic mass is 9.63. The number of hydrogen-bond donors (Lipinski definition) is 2. The number of thiophene rings is 1. The summed E-state index contributed by atoms with van der Waals surface area (Å²) in [6.07, 6.45) is 14.1. The van der Waals surface area contributed by atoms with Gasteiger partial charge in [0.1, 0.15) is 16.9 Å². The van der Waals surface area contributed by atoms with Crippen LogP contribution in [-0.2, 0) is 18.3 Å². The van der Waals surface area contributed by atoms with Crippen molar-refractivity contribution in [2.75, 3.05) is 30.3 Å². The molecule has 12 heteroatoms. The van der Waals surface area contributed by atoms with Gasteiger partial charge >= 0.3 is 0 Å². The molecule has 4 aromatic rings. The van der Waals surface area contributed by atoms with Gasteiger partial charge < -0.3 is 20.3 Å². The van der Waals surface area contributed by atoms with E-state index in [1.165, 1.54) is 24.1 Å². The second kappa shape index (κ2) is 10.7. The number of aryl methyl sites for hydroxylation is 1. The molecule has 0 unspecified atom stereocenters. The summed E-state index contributed by atoms with van der Waals surface area (Å²) in [4.78, 5) is 16.6. The molecule has 3 N–H and O–H groups in total. The van der Waals surface area contributed by atoms with Crippen LogP contribution < -0.4 is 10.6 Å². The predicted molar refractivity (Wildman–Crippen MR) is 180 cm³/mol. The van der Waals surface area contributed by atoms with Crippen molar-refractivity contribution in [3.63, 3.8) is 0 Å². The average molecular weight is 654 g/mol.